The SMILES string of the molecule is CCNC(=NCCS(=O)(=O)CC)N1CCN(C(C)=O)CC1.I. The summed E-state index contributed by atoms with van der Waals surface area (Å²) in [5.41, 5.74) is 0. The lowest BCUT2D eigenvalue weighted by Crippen LogP contribution is -2.53. The zero-order chi connectivity index (χ0) is 15.9. The molecule has 1 aliphatic heterocycles. The van der Waals surface area contributed by atoms with Crippen LogP contribution in [0.15, 0.2) is 4.99 Å². The Balaban J connectivity index is 0.00000441. The van der Waals surface area contributed by atoms with Gasteiger partial charge in [-0.3, -0.25) is 9.79 Å². The molecule has 1 aliphatic rings. The Labute approximate surface area is 150 Å². The van der Waals surface area contributed by atoms with Gasteiger partial charge in [-0.25, -0.2) is 8.42 Å². The number of rotatable bonds is 5. The number of piperazine rings is 1. The highest BCUT2D eigenvalue weighted by Crippen LogP contribution is 2.03. The number of hydrogen-bond donors (Lipinski definition) is 1. The summed E-state index contributed by atoms with van der Waals surface area (Å²) >= 11 is 0. The van der Waals surface area contributed by atoms with E-state index < -0.39 is 9.84 Å². The van der Waals surface area contributed by atoms with Crippen LogP contribution in [-0.2, 0) is 14.6 Å². The summed E-state index contributed by atoms with van der Waals surface area (Å²) in [5, 5.41) is 3.18. The molecule has 0 radical (unpaired) electrons. The fourth-order valence-electron chi connectivity index (χ4n) is 2.09. The van der Waals surface area contributed by atoms with Crippen molar-refractivity contribution < 1.29 is 13.2 Å². The molecule has 1 fully saturated rings. The Morgan fingerprint density at radius 1 is 1.14 bits per heavy atom. The number of carbonyl (C=O) groups is 1. The van der Waals surface area contributed by atoms with Crippen molar-refractivity contribution in [2.45, 2.75) is 20.8 Å². The predicted molar refractivity (Wildman–Crippen MR) is 99.5 cm³/mol. The van der Waals surface area contributed by atoms with Gasteiger partial charge < -0.3 is 15.1 Å². The van der Waals surface area contributed by atoms with Gasteiger partial charge in [-0.2, -0.15) is 0 Å². The molecule has 1 N–H and O–H groups in total. The number of halogens is 1. The maximum absolute atomic E-state index is 11.5. The van der Waals surface area contributed by atoms with Gasteiger partial charge in [0.25, 0.3) is 0 Å². The second kappa shape index (κ2) is 10.2. The average molecular weight is 446 g/mol. The maximum atomic E-state index is 11.5. The van der Waals surface area contributed by atoms with Crippen LogP contribution in [-0.4, -0.2) is 80.9 Å². The van der Waals surface area contributed by atoms with E-state index in [0.717, 1.165) is 12.5 Å². The third-order valence-corrected chi connectivity index (χ3v) is 5.15. The number of sulfone groups is 1. The van der Waals surface area contributed by atoms with Gasteiger partial charge in [0.15, 0.2) is 15.8 Å². The van der Waals surface area contributed by atoms with Crippen molar-refractivity contribution in [3.05, 3.63) is 0 Å². The molecule has 130 valence electrons. The maximum Gasteiger partial charge on any atom is 0.219 e. The van der Waals surface area contributed by atoms with E-state index in [1.165, 1.54) is 0 Å². The van der Waals surface area contributed by atoms with E-state index in [9.17, 15) is 13.2 Å². The summed E-state index contributed by atoms with van der Waals surface area (Å²) in [6.45, 7) is 8.97. The second-order valence-electron chi connectivity index (χ2n) is 4.97. The Kier molecular flexibility index (Phi) is 9.97. The molecule has 7 nitrogen and oxygen atoms in total. The first-order valence-corrected chi connectivity index (χ1v) is 9.21. The van der Waals surface area contributed by atoms with Crippen LogP contribution in [0.25, 0.3) is 0 Å². The number of aliphatic imine (C=N–C) groups is 1. The van der Waals surface area contributed by atoms with Crippen LogP contribution in [0.2, 0.25) is 0 Å². The lowest BCUT2D eigenvalue weighted by molar-refractivity contribution is -0.130. The van der Waals surface area contributed by atoms with Crippen LogP contribution >= 0.6 is 24.0 Å². The van der Waals surface area contributed by atoms with Crippen LogP contribution in [0.1, 0.15) is 20.8 Å². The van der Waals surface area contributed by atoms with E-state index in [1.54, 1.807) is 13.8 Å². The molecule has 0 aliphatic carbocycles. The largest absolute Gasteiger partial charge is 0.357 e. The van der Waals surface area contributed by atoms with Gasteiger partial charge in [0.05, 0.1) is 12.3 Å². The summed E-state index contributed by atoms with van der Waals surface area (Å²) in [5.74, 6) is 1.04. The van der Waals surface area contributed by atoms with Crippen molar-refractivity contribution in [3.8, 4) is 0 Å². The predicted octanol–water partition coefficient (Wildman–Crippen LogP) is 0.169. The summed E-state index contributed by atoms with van der Waals surface area (Å²) in [7, 11) is -2.99. The van der Waals surface area contributed by atoms with E-state index in [2.05, 4.69) is 15.2 Å². The number of hydrogen-bond acceptors (Lipinski definition) is 4. The van der Waals surface area contributed by atoms with Crippen molar-refractivity contribution in [3.63, 3.8) is 0 Å². The fraction of sp³-hybridized carbons (Fsp3) is 0.846. The van der Waals surface area contributed by atoms with Crippen molar-refractivity contribution in [2.24, 2.45) is 4.99 Å². The highest BCUT2D eigenvalue weighted by molar-refractivity contribution is 14.0. The molecule has 1 rings (SSSR count). The molecular formula is C13H27IN4O3S. The second-order valence-corrected chi connectivity index (χ2v) is 7.44. The molecule has 0 bridgehead atoms. The summed E-state index contributed by atoms with van der Waals surface area (Å²) in [4.78, 5) is 19.6. The number of carbonyl (C=O) groups excluding carboxylic acids is 1. The molecule has 0 aromatic heterocycles. The molecule has 22 heavy (non-hydrogen) atoms. The van der Waals surface area contributed by atoms with Gasteiger partial charge >= 0.3 is 0 Å². The van der Waals surface area contributed by atoms with E-state index in [1.807, 2.05) is 11.8 Å². The Morgan fingerprint density at radius 2 is 1.68 bits per heavy atom. The molecule has 0 aromatic rings. The molecule has 1 amide bonds. The van der Waals surface area contributed by atoms with E-state index in [0.29, 0.717) is 26.2 Å². The first kappa shape index (κ1) is 21.4. The van der Waals surface area contributed by atoms with E-state index in [-0.39, 0.29) is 47.9 Å². The first-order chi connectivity index (χ1) is 9.89. The monoisotopic (exact) mass is 446 g/mol. The van der Waals surface area contributed by atoms with Crippen LogP contribution < -0.4 is 5.32 Å². The molecule has 0 atom stereocenters. The van der Waals surface area contributed by atoms with Crippen molar-refractivity contribution in [2.75, 3.05) is 50.8 Å². The van der Waals surface area contributed by atoms with Crippen molar-refractivity contribution in [1.82, 2.24) is 15.1 Å². The third-order valence-electron chi connectivity index (χ3n) is 3.46. The average Bonchev–Trinajstić information content (AvgIpc) is 2.46. The molecule has 0 unspecified atom stereocenters. The first-order valence-electron chi connectivity index (χ1n) is 7.38. The van der Waals surface area contributed by atoms with Crippen LogP contribution in [0.5, 0.6) is 0 Å². The quantitative estimate of drug-likeness (QED) is 0.370. The number of nitrogens with one attached hydrogen (secondary N) is 1. The number of nitrogens with zero attached hydrogens (tertiary/aromatic N) is 3. The summed E-state index contributed by atoms with van der Waals surface area (Å²) in [6.07, 6.45) is 0. The van der Waals surface area contributed by atoms with Crippen LogP contribution in [0, 0.1) is 0 Å². The Hall–Kier alpha value is -0.580. The smallest absolute Gasteiger partial charge is 0.219 e. The molecule has 1 heterocycles. The molecule has 9 heteroatoms. The van der Waals surface area contributed by atoms with Gasteiger partial charge in [0, 0.05) is 45.4 Å². The van der Waals surface area contributed by atoms with Gasteiger partial charge in [-0.1, -0.05) is 6.92 Å². The minimum absolute atomic E-state index is 0. The highest BCUT2D eigenvalue weighted by Gasteiger charge is 2.20. The summed E-state index contributed by atoms with van der Waals surface area (Å²) in [6, 6.07) is 0. The minimum atomic E-state index is -2.99. The summed E-state index contributed by atoms with van der Waals surface area (Å²) < 4.78 is 23.0. The topological polar surface area (TPSA) is 82.1 Å². The molecule has 0 saturated carbocycles. The van der Waals surface area contributed by atoms with Gasteiger partial charge in [-0.15, -0.1) is 24.0 Å². The van der Waals surface area contributed by atoms with Gasteiger partial charge in [0.2, 0.25) is 5.91 Å². The normalized spacial score (nSPS) is 16.2. The Morgan fingerprint density at radius 3 is 2.14 bits per heavy atom. The lowest BCUT2D eigenvalue weighted by Gasteiger charge is -2.36. The Bertz CT molecular complexity index is 474. The molecule has 1 saturated heterocycles. The van der Waals surface area contributed by atoms with Crippen molar-refractivity contribution >= 4 is 45.7 Å². The third kappa shape index (κ3) is 7.12. The van der Waals surface area contributed by atoms with E-state index >= 15 is 0 Å². The van der Waals surface area contributed by atoms with Gasteiger partial charge in [-0.05, 0) is 6.92 Å². The van der Waals surface area contributed by atoms with E-state index in [4.69, 9.17) is 0 Å². The molecule has 0 aromatic carbocycles. The number of amides is 1. The van der Waals surface area contributed by atoms with Gasteiger partial charge in [0.1, 0.15) is 0 Å². The molecule has 0 spiro atoms. The lowest BCUT2D eigenvalue weighted by atomic mass is 10.3. The fourth-order valence-corrected chi connectivity index (χ4v) is 2.75. The zero-order valence-corrected chi connectivity index (χ0v) is 16.7. The van der Waals surface area contributed by atoms with Crippen LogP contribution in [0.4, 0.5) is 0 Å². The van der Waals surface area contributed by atoms with Crippen molar-refractivity contribution in [1.29, 1.82) is 0 Å². The zero-order valence-electron chi connectivity index (χ0n) is 13.5. The minimum Gasteiger partial charge on any atom is -0.357 e. The standard InChI is InChI=1S/C13H26N4O3S.HI/c1-4-14-13(15-6-11-21(19,20)5-2)17-9-7-16(8-10-17)12(3)18;/h4-11H2,1-3H3,(H,14,15);1H. The van der Waals surface area contributed by atoms with Crippen LogP contribution in [0.3, 0.4) is 0 Å². The highest BCUT2D eigenvalue weighted by atomic mass is 127. The number of guanidine groups is 1. The molecular weight excluding hydrogens is 419 g/mol.